The van der Waals surface area contributed by atoms with Crippen LogP contribution >= 0.6 is 0 Å². The van der Waals surface area contributed by atoms with Gasteiger partial charge in [0.25, 0.3) is 11.8 Å². The summed E-state index contributed by atoms with van der Waals surface area (Å²) in [6.07, 6.45) is 0. The Balaban J connectivity index is 1.62. The van der Waals surface area contributed by atoms with Crippen molar-refractivity contribution < 1.29 is 19.1 Å². The third kappa shape index (κ3) is 4.49. The zero-order valence-electron chi connectivity index (χ0n) is 16.0. The van der Waals surface area contributed by atoms with E-state index in [4.69, 9.17) is 4.74 Å². The highest BCUT2D eigenvalue weighted by atomic mass is 16.5. The van der Waals surface area contributed by atoms with Gasteiger partial charge in [0, 0.05) is 56.0 Å². The number of anilines is 1. The first-order chi connectivity index (χ1) is 13.5. The smallest absolute Gasteiger partial charge is 0.255 e. The molecule has 0 aromatic heterocycles. The van der Waals surface area contributed by atoms with Crippen LogP contribution in [0.2, 0.25) is 0 Å². The van der Waals surface area contributed by atoms with Crippen LogP contribution in [-0.2, 0) is 4.79 Å². The Kier molecular flexibility index (Phi) is 5.93. The van der Waals surface area contributed by atoms with Crippen LogP contribution < -0.4 is 10.1 Å². The highest BCUT2D eigenvalue weighted by Crippen LogP contribution is 2.18. The molecule has 0 spiro atoms. The van der Waals surface area contributed by atoms with Crippen molar-refractivity contribution >= 4 is 23.4 Å². The van der Waals surface area contributed by atoms with E-state index in [9.17, 15) is 14.4 Å². The zero-order valence-corrected chi connectivity index (χ0v) is 16.0. The maximum Gasteiger partial charge on any atom is 0.255 e. The topological polar surface area (TPSA) is 79.0 Å². The molecule has 1 aliphatic heterocycles. The monoisotopic (exact) mass is 381 g/mol. The summed E-state index contributed by atoms with van der Waals surface area (Å²) in [5.74, 6) is 0.326. The molecular weight excluding hydrogens is 358 g/mol. The maximum absolute atomic E-state index is 12.6. The minimum Gasteiger partial charge on any atom is -0.497 e. The molecule has 1 aliphatic rings. The third-order valence-electron chi connectivity index (χ3n) is 4.73. The van der Waals surface area contributed by atoms with Gasteiger partial charge in [-0.1, -0.05) is 6.07 Å². The van der Waals surface area contributed by atoms with Crippen molar-refractivity contribution in [1.29, 1.82) is 0 Å². The lowest BCUT2D eigenvalue weighted by Crippen LogP contribution is -2.50. The molecule has 1 saturated heterocycles. The number of piperazine rings is 1. The summed E-state index contributed by atoms with van der Waals surface area (Å²) in [5, 5.41) is 2.81. The summed E-state index contributed by atoms with van der Waals surface area (Å²) in [6, 6.07) is 13.7. The number of carbonyl (C=O) groups excluding carboxylic acids is 3. The number of rotatable bonds is 4. The van der Waals surface area contributed by atoms with Crippen LogP contribution in [0.3, 0.4) is 0 Å². The normalized spacial score (nSPS) is 13.8. The number of ether oxygens (including phenoxy) is 1. The Bertz CT molecular complexity index is 871. The van der Waals surface area contributed by atoms with Gasteiger partial charge < -0.3 is 19.9 Å². The first-order valence-electron chi connectivity index (χ1n) is 9.08. The van der Waals surface area contributed by atoms with Crippen molar-refractivity contribution in [2.75, 3.05) is 38.6 Å². The van der Waals surface area contributed by atoms with Crippen LogP contribution in [0.5, 0.6) is 5.75 Å². The highest BCUT2D eigenvalue weighted by molar-refractivity contribution is 6.05. The van der Waals surface area contributed by atoms with Gasteiger partial charge in [-0.3, -0.25) is 14.4 Å². The van der Waals surface area contributed by atoms with Crippen molar-refractivity contribution in [3.63, 3.8) is 0 Å². The van der Waals surface area contributed by atoms with Gasteiger partial charge in [-0.05, 0) is 36.4 Å². The Morgan fingerprint density at radius 3 is 2.11 bits per heavy atom. The number of nitrogens with one attached hydrogen (secondary N) is 1. The first-order valence-corrected chi connectivity index (χ1v) is 9.08. The fourth-order valence-electron chi connectivity index (χ4n) is 3.08. The van der Waals surface area contributed by atoms with E-state index in [0.29, 0.717) is 48.7 Å². The van der Waals surface area contributed by atoms with Gasteiger partial charge in [-0.2, -0.15) is 0 Å². The van der Waals surface area contributed by atoms with E-state index < -0.39 is 0 Å². The average molecular weight is 381 g/mol. The van der Waals surface area contributed by atoms with Crippen LogP contribution in [0.4, 0.5) is 5.69 Å². The quantitative estimate of drug-likeness (QED) is 0.881. The van der Waals surface area contributed by atoms with Gasteiger partial charge in [0.15, 0.2) is 0 Å². The predicted molar refractivity (Wildman–Crippen MR) is 106 cm³/mol. The molecule has 0 atom stereocenters. The predicted octanol–water partition coefficient (Wildman–Crippen LogP) is 2.25. The number of amides is 3. The lowest BCUT2D eigenvalue weighted by atomic mass is 10.1. The summed E-state index contributed by atoms with van der Waals surface area (Å²) in [4.78, 5) is 39.9. The van der Waals surface area contributed by atoms with Gasteiger partial charge in [0.1, 0.15) is 5.75 Å². The molecule has 1 heterocycles. The van der Waals surface area contributed by atoms with Crippen molar-refractivity contribution in [3.8, 4) is 5.75 Å². The summed E-state index contributed by atoms with van der Waals surface area (Å²) in [6.45, 7) is 3.64. The van der Waals surface area contributed by atoms with Crippen molar-refractivity contribution in [3.05, 3.63) is 59.7 Å². The number of hydrogen-bond acceptors (Lipinski definition) is 4. The standard InChI is InChI=1S/C21H23N3O4/c1-15(25)23-10-12-24(13-11-23)21(27)17-8-6-16(7-9-17)20(26)22-18-4-3-5-19(14-18)28-2/h3-9,14H,10-13H2,1-2H3,(H,22,26). The van der Waals surface area contributed by atoms with Crippen LogP contribution in [0.1, 0.15) is 27.6 Å². The summed E-state index contributed by atoms with van der Waals surface area (Å²) in [5.41, 5.74) is 1.61. The minimum absolute atomic E-state index is 0.0264. The molecule has 0 unspecified atom stereocenters. The number of nitrogens with zero attached hydrogens (tertiary/aromatic N) is 2. The summed E-state index contributed by atoms with van der Waals surface area (Å²) in [7, 11) is 1.57. The van der Waals surface area contributed by atoms with E-state index in [2.05, 4.69) is 5.32 Å². The van der Waals surface area contributed by atoms with Gasteiger partial charge >= 0.3 is 0 Å². The molecule has 146 valence electrons. The molecule has 28 heavy (non-hydrogen) atoms. The summed E-state index contributed by atoms with van der Waals surface area (Å²) < 4.78 is 5.15. The largest absolute Gasteiger partial charge is 0.497 e. The molecule has 0 aliphatic carbocycles. The van der Waals surface area contributed by atoms with E-state index in [-0.39, 0.29) is 17.7 Å². The molecule has 2 aromatic carbocycles. The maximum atomic E-state index is 12.6. The lowest BCUT2D eigenvalue weighted by molar-refractivity contribution is -0.130. The molecule has 1 fully saturated rings. The average Bonchev–Trinajstić information content (AvgIpc) is 2.73. The van der Waals surface area contributed by atoms with Crippen LogP contribution in [0.15, 0.2) is 48.5 Å². The fourth-order valence-corrected chi connectivity index (χ4v) is 3.08. The second-order valence-electron chi connectivity index (χ2n) is 6.56. The van der Waals surface area contributed by atoms with Gasteiger partial charge in [0.05, 0.1) is 7.11 Å². The highest BCUT2D eigenvalue weighted by Gasteiger charge is 2.23. The van der Waals surface area contributed by atoms with E-state index in [1.54, 1.807) is 65.4 Å². The summed E-state index contributed by atoms with van der Waals surface area (Å²) >= 11 is 0. The zero-order chi connectivity index (χ0) is 20.1. The number of methoxy groups -OCH3 is 1. The molecule has 0 saturated carbocycles. The molecule has 2 aromatic rings. The number of carbonyl (C=O) groups is 3. The second-order valence-corrected chi connectivity index (χ2v) is 6.56. The SMILES string of the molecule is COc1cccc(NC(=O)c2ccc(C(=O)N3CCN(C(C)=O)CC3)cc2)c1. The minimum atomic E-state index is -0.262. The van der Waals surface area contributed by atoms with Crippen LogP contribution in [0, 0.1) is 0 Å². The fraction of sp³-hybridized carbons (Fsp3) is 0.286. The third-order valence-corrected chi connectivity index (χ3v) is 4.73. The molecule has 7 heteroatoms. The van der Waals surface area contributed by atoms with E-state index >= 15 is 0 Å². The molecule has 0 radical (unpaired) electrons. The van der Waals surface area contributed by atoms with Gasteiger partial charge in [0.2, 0.25) is 5.91 Å². The Hall–Kier alpha value is -3.35. The van der Waals surface area contributed by atoms with E-state index in [1.165, 1.54) is 6.92 Å². The molecule has 1 N–H and O–H groups in total. The molecule has 0 bridgehead atoms. The second kappa shape index (κ2) is 8.56. The van der Waals surface area contributed by atoms with Crippen molar-refractivity contribution in [2.24, 2.45) is 0 Å². The van der Waals surface area contributed by atoms with E-state index in [1.807, 2.05) is 0 Å². The van der Waals surface area contributed by atoms with Crippen molar-refractivity contribution in [1.82, 2.24) is 9.80 Å². The van der Waals surface area contributed by atoms with Gasteiger partial charge in [-0.15, -0.1) is 0 Å². The van der Waals surface area contributed by atoms with Crippen LogP contribution in [-0.4, -0.2) is 60.8 Å². The molecule has 7 nitrogen and oxygen atoms in total. The molecule has 3 rings (SSSR count). The van der Waals surface area contributed by atoms with Crippen LogP contribution in [0.25, 0.3) is 0 Å². The van der Waals surface area contributed by atoms with E-state index in [0.717, 1.165) is 0 Å². The Morgan fingerprint density at radius 2 is 1.50 bits per heavy atom. The number of hydrogen-bond donors (Lipinski definition) is 1. The molecular formula is C21H23N3O4. The number of benzene rings is 2. The Labute approximate surface area is 163 Å². The van der Waals surface area contributed by atoms with Crippen molar-refractivity contribution in [2.45, 2.75) is 6.92 Å². The first kappa shape index (κ1) is 19.4. The lowest BCUT2D eigenvalue weighted by Gasteiger charge is -2.34. The Morgan fingerprint density at radius 1 is 0.893 bits per heavy atom. The molecule has 3 amide bonds. The van der Waals surface area contributed by atoms with Gasteiger partial charge in [-0.25, -0.2) is 0 Å².